The largest absolute Gasteiger partial charge is 0.463 e. The van der Waals surface area contributed by atoms with Crippen LogP contribution in [0.5, 0.6) is 6.01 Å². The Balaban J connectivity index is 1.11. The molecule has 2 aromatic rings. The number of piperidine rings is 1. The van der Waals surface area contributed by atoms with E-state index in [4.69, 9.17) is 4.74 Å². The van der Waals surface area contributed by atoms with Crippen molar-refractivity contribution in [2.75, 3.05) is 39.3 Å². The highest BCUT2D eigenvalue weighted by Crippen LogP contribution is 2.53. The highest BCUT2D eigenvalue weighted by Gasteiger charge is 2.58. The van der Waals surface area contributed by atoms with E-state index in [2.05, 4.69) is 9.97 Å². The van der Waals surface area contributed by atoms with E-state index >= 15 is 0 Å². The molecule has 0 radical (unpaired) electrons. The van der Waals surface area contributed by atoms with Crippen molar-refractivity contribution in [2.24, 2.45) is 11.3 Å². The zero-order valence-electron chi connectivity index (χ0n) is 21.0. The van der Waals surface area contributed by atoms with Gasteiger partial charge in [0.2, 0.25) is 0 Å². The topological polar surface area (TPSA) is 75.6 Å². The molecule has 1 saturated carbocycles. The second-order valence-electron chi connectivity index (χ2n) is 10.6. The number of Topliss-reactive ketones (excluding diaryl/α,β-unsaturated/α-hetero) is 1. The van der Waals surface area contributed by atoms with Crippen LogP contribution in [0.15, 0.2) is 30.6 Å². The molecule has 7 nitrogen and oxygen atoms in total. The Labute approximate surface area is 218 Å². The molecule has 2 aliphatic heterocycles. The number of nitrogens with zero attached hydrogens (tertiary/aromatic N) is 4. The molecule has 3 heterocycles. The Morgan fingerprint density at radius 2 is 1.82 bits per heavy atom. The number of hydrogen-bond acceptors (Lipinski definition) is 6. The summed E-state index contributed by atoms with van der Waals surface area (Å²) in [5, 5.41) is 0. The van der Waals surface area contributed by atoms with Gasteiger partial charge in [0.1, 0.15) is 5.82 Å². The minimum Gasteiger partial charge on any atom is -0.463 e. The van der Waals surface area contributed by atoms with Crippen LogP contribution >= 0.6 is 0 Å². The van der Waals surface area contributed by atoms with Crippen LogP contribution in [0.1, 0.15) is 48.9 Å². The maximum Gasteiger partial charge on any atom is 0.395 e. The molecule has 1 aromatic carbocycles. The average Bonchev–Trinajstić information content (AvgIpc) is 3.31. The first-order valence-corrected chi connectivity index (χ1v) is 13.0. The lowest BCUT2D eigenvalue weighted by atomic mass is 9.67. The average molecular weight is 535 g/mol. The fraction of sp³-hybridized carbons (Fsp3) is 0.556. The molecule has 1 aliphatic carbocycles. The summed E-state index contributed by atoms with van der Waals surface area (Å²) in [5.74, 6) is -0.788. The van der Waals surface area contributed by atoms with Gasteiger partial charge in [-0.05, 0) is 56.8 Å². The van der Waals surface area contributed by atoms with Crippen LogP contribution in [0, 0.1) is 17.2 Å². The molecule has 38 heavy (non-hydrogen) atoms. The number of halogens is 4. The van der Waals surface area contributed by atoms with Gasteiger partial charge in [-0.3, -0.25) is 9.59 Å². The number of amides is 1. The molecule has 0 atom stereocenters. The van der Waals surface area contributed by atoms with Crippen molar-refractivity contribution in [1.29, 1.82) is 0 Å². The maximum atomic E-state index is 14.8. The SMILES string of the molecule is O=C1CCN(C(=O)c2ccc(-c3cnc(OCC4CCN(CC5(C(F)(F)F)CCC5)CC4)nc3)c(F)c2)C1. The second-order valence-corrected chi connectivity index (χ2v) is 10.6. The number of carbonyl (C=O) groups excluding carboxylic acids is 2. The Bertz CT molecular complexity index is 1180. The first-order valence-electron chi connectivity index (χ1n) is 13.0. The standard InChI is InChI=1S/C27H30F4N4O3/c28-23-12-19(24(37)35-11-6-21(36)15-35)2-3-22(23)20-13-32-25(33-14-20)38-16-18-4-9-34(10-5-18)17-26(7-1-8-26)27(29,30)31/h2-3,12-14,18H,1,4-11,15-17H2. The molecule has 2 saturated heterocycles. The molecule has 1 aromatic heterocycles. The summed E-state index contributed by atoms with van der Waals surface area (Å²) < 4.78 is 60.9. The number of likely N-dealkylation sites (tertiary alicyclic amines) is 2. The number of aromatic nitrogens is 2. The third kappa shape index (κ3) is 5.52. The summed E-state index contributed by atoms with van der Waals surface area (Å²) in [5.41, 5.74) is -0.696. The lowest BCUT2D eigenvalue weighted by molar-refractivity contribution is -0.256. The highest BCUT2D eigenvalue weighted by molar-refractivity contribution is 5.99. The van der Waals surface area contributed by atoms with Crippen molar-refractivity contribution in [3.05, 3.63) is 42.0 Å². The van der Waals surface area contributed by atoms with E-state index in [9.17, 15) is 27.2 Å². The molecule has 0 bridgehead atoms. The van der Waals surface area contributed by atoms with Gasteiger partial charge in [-0.15, -0.1) is 0 Å². The van der Waals surface area contributed by atoms with E-state index < -0.39 is 17.4 Å². The quantitative estimate of drug-likeness (QED) is 0.487. The molecule has 5 rings (SSSR count). The van der Waals surface area contributed by atoms with Crippen LogP contribution in [0.2, 0.25) is 0 Å². The zero-order chi connectivity index (χ0) is 26.9. The van der Waals surface area contributed by atoms with E-state index in [0.717, 1.165) is 18.9 Å². The molecule has 0 unspecified atom stereocenters. The monoisotopic (exact) mass is 534 g/mol. The maximum absolute atomic E-state index is 14.8. The Kier molecular flexibility index (Phi) is 7.39. The number of ketones is 1. The van der Waals surface area contributed by atoms with E-state index in [-0.39, 0.29) is 60.7 Å². The van der Waals surface area contributed by atoms with Gasteiger partial charge in [-0.1, -0.05) is 12.5 Å². The van der Waals surface area contributed by atoms with Gasteiger partial charge >= 0.3 is 12.2 Å². The summed E-state index contributed by atoms with van der Waals surface area (Å²) >= 11 is 0. The lowest BCUT2D eigenvalue weighted by Crippen LogP contribution is -2.53. The van der Waals surface area contributed by atoms with Crippen molar-refractivity contribution < 1.29 is 31.9 Å². The molecule has 0 spiro atoms. The minimum atomic E-state index is -4.15. The van der Waals surface area contributed by atoms with Crippen LogP contribution in [0.25, 0.3) is 11.1 Å². The van der Waals surface area contributed by atoms with Crippen molar-refractivity contribution in [3.8, 4) is 17.1 Å². The molecule has 11 heteroatoms. The van der Waals surface area contributed by atoms with Crippen LogP contribution < -0.4 is 4.74 Å². The molecule has 3 fully saturated rings. The number of hydrogen-bond donors (Lipinski definition) is 0. The normalized spacial score (nSPS) is 20.4. The predicted octanol–water partition coefficient (Wildman–Crippen LogP) is 4.52. The lowest BCUT2D eigenvalue weighted by Gasteiger charge is -2.47. The van der Waals surface area contributed by atoms with Crippen LogP contribution in [0.4, 0.5) is 17.6 Å². The Morgan fingerprint density at radius 1 is 1.11 bits per heavy atom. The Morgan fingerprint density at radius 3 is 2.37 bits per heavy atom. The summed E-state index contributed by atoms with van der Waals surface area (Å²) in [4.78, 5) is 35.6. The summed E-state index contributed by atoms with van der Waals surface area (Å²) in [6.45, 7) is 2.05. The summed E-state index contributed by atoms with van der Waals surface area (Å²) in [6, 6.07) is 4.30. The molecule has 3 aliphatic rings. The van der Waals surface area contributed by atoms with Crippen LogP contribution in [0.3, 0.4) is 0 Å². The van der Waals surface area contributed by atoms with Gasteiger partial charge < -0.3 is 14.5 Å². The molecule has 0 N–H and O–H groups in total. The molecule has 204 valence electrons. The third-order valence-electron chi connectivity index (χ3n) is 8.06. The van der Waals surface area contributed by atoms with Gasteiger partial charge in [0, 0.05) is 48.6 Å². The molecular weight excluding hydrogens is 504 g/mol. The van der Waals surface area contributed by atoms with Gasteiger partial charge in [-0.2, -0.15) is 13.2 Å². The van der Waals surface area contributed by atoms with Gasteiger partial charge in [0.05, 0.1) is 18.6 Å². The molecular formula is C27H30F4N4O3. The van der Waals surface area contributed by atoms with Crippen molar-refractivity contribution >= 4 is 11.7 Å². The van der Waals surface area contributed by atoms with Crippen molar-refractivity contribution in [1.82, 2.24) is 19.8 Å². The fourth-order valence-corrected chi connectivity index (χ4v) is 5.47. The zero-order valence-corrected chi connectivity index (χ0v) is 21.0. The van der Waals surface area contributed by atoms with Crippen molar-refractivity contribution in [2.45, 2.75) is 44.7 Å². The third-order valence-corrected chi connectivity index (χ3v) is 8.06. The van der Waals surface area contributed by atoms with Gasteiger partial charge in [0.25, 0.3) is 5.91 Å². The summed E-state index contributed by atoms with van der Waals surface area (Å²) in [6.07, 6.45) is 1.63. The Hall–Kier alpha value is -3.08. The van der Waals surface area contributed by atoms with E-state index in [1.807, 2.05) is 4.90 Å². The number of alkyl halides is 3. The van der Waals surface area contributed by atoms with Gasteiger partial charge in [0.15, 0.2) is 5.78 Å². The first-order chi connectivity index (χ1) is 18.1. The highest BCUT2D eigenvalue weighted by atomic mass is 19.4. The predicted molar refractivity (Wildman–Crippen MR) is 130 cm³/mol. The van der Waals surface area contributed by atoms with Gasteiger partial charge in [-0.25, -0.2) is 14.4 Å². The van der Waals surface area contributed by atoms with Crippen molar-refractivity contribution in [3.63, 3.8) is 0 Å². The number of rotatable bonds is 7. The number of benzene rings is 1. The number of carbonyl (C=O) groups is 2. The molecule has 1 amide bonds. The second kappa shape index (κ2) is 10.6. The van der Waals surface area contributed by atoms with E-state index in [1.54, 1.807) is 0 Å². The minimum absolute atomic E-state index is 0.0110. The van der Waals surface area contributed by atoms with Crippen LogP contribution in [-0.4, -0.2) is 77.0 Å². The van der Waals surface area contributed by atoms with E-state index in [0.29, 0.717) is 44.6 Å². The fourth-order valence-electron chi connectivity index (χ4n) is 5.47. The van der Waals surface area contributed by atoms with E-state index in [1.165, 1.54) is 29.4 Å². The smallest absolute Gasteiger partial charge is 0.395 e. The number of ether oxygens (including phenoxy) is 1. The van der Waals surface area contributed by atoms with Crippen LogP contribution in [-0.2, 0) is 4.79 Å². The summed E-state index contributed by atoms with van der Waals surface area (Å²) in [7, 11) is 0. The first kappa shape index (κ1) is 26.5.